The summed E-state index contributed by atoms with van der Waals surface area (Å²) in [7, 11) is 0. The van der Waals surface area contributed by atoms with E-state index in [2.05, 4.69) is 43.8 Å². The number of benzene rings is 1. The van der Waals surface area contributed by atoms with Crippen molar-refractivity contribution in [3.63, 3.8) is 0 Å². The van der Waals surface area contributed by atoms with Gasteiger partial charge in [0.25, 0.3) is 0 Å². The van der Waals surface area contributed by atoms with Crippen LogP contribution in [0.2, 0.25) is 0 Å². The van der Waals surface area contributed by atoms with Gasteiger partial charge in [0.05, 0.1) is 17.7 Å². The number of anilines is 1. The fraction of sp³-hybridized carbons (Fsp3) is 0.588. The Morgan fingerprint density at radius 1 is 1.19 bits per heavy atom. The van der Waals surface area contributed by atoms with Gasteiger partial charge < -0.3 is 5.11 Å². The molecule has 1 aromatic rings. The van der Waals surface area contributed by atoms with Crippen LogP contribution in [0.4, 0.5) is 5.69 Å². The Hall–Kier alpha value is -1.55. The first-order chi connectivity index (χ1) is 9.78. The van der Waals surface area contributed by atoms with Gasteiger partial charge >= 0.3 is 0 Å². The number of nitrogens with one attached hydrogen (secondary N) is 2. The van der Waals surface area contributed by atoms with Crippen molar-refractivity contribution in [1.29, 1.82) is 0 Å². The smallest absolute Gasteiger partial charge is 0.241 e. The van der Waals surface area contributed by atoms with Gasteiger partial charge in [-0.1, -0.05) is 45.7 Å². The van der Waals surface area contributed by atoms with Crippen LogP contribution in [0.5, 0.6) is 0 Å². The number of hydrogen-bond donors (Lipinski definition) is 3. The van der Waals surface area contributed by atoms with Crippen LogP contribution in [0.1, 0.15) is 58.4 Å². The molecule has 0 heterocycles. The molecule has 1 aliphatic carbocycles. The second-order valence-electron chi connectivity index (χ2n) is 7.11. The molecular formula is C17H26N2O2. The third-order valence-corrected chi connectivity index (χ3v) is 4.12. The number of hydrogen-bond acceptors (Lipinski definition) is 3. The zero-order valence-corrected chi connectivity index (χ0v) is 13.2. The molecular weight excluding hydrogens is 264 g/mol. The van der Waals surface area contributed by atoms with Gasteiger partial charge in [-0.15, -0.1) is 0 Å². The summed E-state index contributed by atoms with van der Waals surface area (Å²) in [4.78, 5) is 11.9. The average molecular weight is 290 g/mol. The monoisotopic (exact) mass is 290 g/mol. The van der Waals surface area contributed by atoms with Gasteiger partial charge in [-0.25, -0.2) is 0 Å². The summed E-state index contributed by atoms with van der Waals surface area (Å²) in [6, 6.07) is 8.01. The van der Waals surface area contributed by atoms with Crippen LogP contribution < -0.4 is 10.9 Å². The minimum Gasteiger partial charge on any atom is -0.389 e. The van der Waals surface area contributed by atoms with Crippen molar-refractivity contribution in [2.45, 2.75) is 63.9 Å². The van der Waals surface area contributed by atoms with Crippen molar-refractivity contribution < 1.29 is 9.90 Å². The van der Waals surface area contributed by atoms with Gasteiger partial charge in [0.1, 0.15) is 0 Å². The SMILES string of the molecule is CC(C)(C)c1ccc(NNC(=O)CC2(O)CCCC2)cc1. The second kappa shape index (κ2) is 6.06. The number of hydrazine groups is 1. The maximum Gasteiger partial charge on any atom is 0.241 e. The molecule has 0 saturated heterocycles. The standard InChI is InChI=1S/C17H26N2O2/c1-16(2,3)13-6-8-14(9-7-13)18-19-15(20)12-17(21)10-4-5-11-17/h6-9,18,21H,4-5,10-12H2,1-3H3,(H,19,20). The number of amides is 1. The van der Waals surface area contributed by atoms with E-state index in [-0.39, 0.29) is 17.7 Å². The minimum atomic E-state index is -0.804. The molecule has 3 N–H and O–H groups in total. The summed E-state index contributed by atoms with van der Waals surface area (Å²) in [5.41, 5.74) is 6.97. The van der Waals surface area contributed by atoms with Crippen LogP contribution in [0.25, 0.3) is 0 Å². The van der Waals surface area contributed by atoms with E-state index in [1.165, 1.54) is 5.56 Å². The third-order valence-electron chi connectivity index (χ3n) is 4.12. The molecule has 1 aromatic carbocycles. The van der Waals surface area contributed by atoms with Crippen molar-refractivity contribution in [3.8, 4) is 0 Å². The molecule has 21 heavy (non-hydrogen) atoms. The van der Waals surface area contributed by atoms with Gasteiger partial charge in [-0.3, -0.25) is 15.6 Å². The highest BCUT2D eigenvalue weighted by atomic mass is 16.3. The number of carbonyl (C=O) groups is 1. The minimum absolute atomic E-state index is 0.119. The van der Waals surface area contributed by atoms with Crippen LogP contribution in [0.3, 0.4) is 0 Å². The van der Waals surface area contributed by atoms with E-state index in [4.69, 9.17) is 0 Å². The van der Waals surface area contributed by atoms with Gasteiger partial charge in [-0.05, 0) is 36.0 Å². The van der Waals surface area contributed by atoms with E-state index < -0.39 is 5.60 Å². The Bertz CT molecular complexity index is 483. The Morgan fingerprint density at radius 3 is 2.29 bits per heavy atom. The highest BCUT2D eigenvalue weighted by molar-refractivity contribution is 5.78. The lowest BCUT2D eigenvalue weighted by Crippen LogP contribution is -2.37. The summed E-state index contributed by atoms with van der Waals surface area (Å²) in [6.45, 7) is 6.50. The molecule has 0 bridgehead atoms. The first kappa shape index (κ1) is 15.8. The fourth-order valence-corrected chi connectivity index (χ4v) is 2.75. The number of rotatable bonds is 4. The van der Waals surface area contributed by atoms with Crippen molar-refractivity contribution >= 4 is 11.6 Å². The molecule has 1 aliphatic rings. The Labute approximate surface area is 126 Å². The maximum absolute atomic E-state index is 11.9. The Kier molecular flexibility index (Phi) is 4.57. The van der Waals surface area contributed by atoms with E-state index in [1.54, 1.807) is 0 Å². The van der Waals surface area contributed by atoms with Crippen molar-refractivity contribution in [3.05, 3.63) is 29.8 Å². The molecule has 0 unspecified atom stereocenters. The fourth-order valence-electron chi connectivity index (χ4n) is 2.75. The molecule has 0 atom stereocenters. The summed E-state index contributed by atoms with van der Waals surface area (Å²) in [5.74, 6) is -0.167. The quantitative estimate of drug-likeness (QED) is 0.747. The molecule has 1 fully saturated rings. The molecule has 2 rings (SSSR count). The molecule has 4 heteroatoms. The predicted octanol–water partition coefficient (Wildman–Crippen LogP) is 3.12. The van der Waals surface area contributed by atoms with Crippen LogP contribution >= 0.6 is 0 Å². The lowest BCUT2D eigenvalue weighted by molar-refractivity contribution is -0.125. The van der Waals surface area contributed by atoms with E-state index in [0.29, 0.717) is 0 Å². The zero-order valence-electron chi connectivity index (χ0n) is 13.2. The Morgan fingerprint density at radius 2 is 1.76 bits per heavy atom. The highest BCUT2D eigenvalue weighted by Gasteiger charge is 2.33. The Balaban J connectivity index is 1.84. The van der Waals surface area contributed by atoms with Crippen LogP contribution in [0, 0.1) is 0 Å². The van der Waals surface area contributed by atoms with Gasteiger partial charge in [-0.2, -0.15) is 0 Å². The normalized spacial score (nSPS) is 17.5. The van der Waals surface area contributed by atoms with Crippen molar-refractivity contribution in [2.24, 2.45) is 0 Å². The van der Waals surface area contributed by atoms with Gasteiger partial charge in [0.15, 0.2) is 0 Å². The first-order valence-electron chi connectivity index (χ1n) is 7.66. The van der Waals surface area contributed by atoms with E-state index in [1.807, 2.05) is 12.1 Å². The van der Waals surface area contributed by atoms with Gasteiger partial charge in [0.2, 0.25) is 5.91 Å². The zero-order chi connectivity index (χ0) is 15.5. The number of aliphatic hydroxyl groups is 1. The number of carbonyl (C=O) groups excluding carboxylic acids is 1. The summed E-state index contributed by atoms with van der Waals surface area (Å²) < 4.78 is 0. The van der Waals surface area contributed by atoms with E-state index in [0.717, 1.165) is 31.4 Å². The van der Waals surface area contributed by atoms with E-state index in [9.17, 15) is 9.90 Å². The van der Waals surface area contributed by atoms with Gasteiger partial charge in [0, 0.05) is 0 Å². The largest absolute Gasteiger partial charge is 0.389 e. The maximum atomic E-state index is 11.9. The van der Waals surface area contributed by atoms with Crippen LogP contribution in [-0.2, 0) is 10.2 Å². The van der Waals surface area contributed by atoms with Crippen molar-refractivity contribution in [2.75, 3.05) is 5.43 Å². The second-order valence-corrected chi connectivity index (χ2v) is 7.11. The third kappa shape index (κ3) is 4.46. The topological polar surface area (TPSA) is 61.4 Å². The van der Waals surface area contributed by atoms with Crippen LogP contribution in [0.15, 0.2) is 24.3 Å². The summed E-state index contributed by atoms with van der Waals surface area (Å²) in [5, 5.41) is 10.2. The first-order valence-corrected chi connectivity index (χ1v) is 7.66. The summed E-state index contributed by atoms with van der Waals surface area (Å²) in [6.07, 6.45) is 3.62. The average Bonchev–Trinajstić information content (AvgIpc) is 2.82. The molecule has 0 aromatic heterocycles. The highest BCUT2D eigenvalue weighted by Crippen LogP contribution is 2.32. The van der Waals surface area contributed by atoms with E-state index >= 15 is 0 Å². The lowest BCUT2D eigenvalue weighted by atomic mass is 9.87. The molecule has 0 radical (unpaired) electrons. The molecule has 116 valence electrons. The van der Waals surface area contributed by atoms with Crippen LogP contribution in [-0.4, -0.2) is 16.6 Å². The molecule has 0 aliphatic heterocycles. The lowest BCUT2D eigenvalue weighted by Gasteiger charge is -2.22. The predicted molar refractivity (Wildman–Crippen MR) is 84.9 cm³/mol. The van der Waals surface area contributed by atoms with Crippen molar-refractivity contribution in [1.82, 2.24) is 5.43 Å². The molecule has 0 spiro atoms. The molecule has 4 nitrogen and oxygen atoms in total. The molecule has 1 saturated carbocycles. The summed E-state index contributed by atoms with van der Waals surface area (Å²) >= 11 is 0. The molecule has 1 amide bonds.